The van der Waals surface area contributed by atoms with Gasteiger partial charge in [-0.1, -0.05) is 43.7 Å². The van der Waals surface area contributed by atoms with E-state index in [9.17, 15) is 9.50 Å². The van der Waals surface area contributed by atoms with Crippen LogP contribution in [0.4, 0.5) is 4.39 Å². The van der Waals surface area contributed by atoms with Crippen LogP contribution in [0.5, 0.6) is 0 Å². The topological polar surface area (TPSA) is 33.1 Å². The summed E-state index contributed by atoms with van der Waals surface area (Å²) in [5.74, 6) is -0.273. The molecule has 0 aliphatic heterocycles. The highest BCUT2D eigenvalue weighted by Crippen LogP contribution is 2.29. The molecular formula is C19H18FNO. The molecule has 112 valence electrons. The predicted octanol–water partition coefficient (Wildman–Crippen LogP) is 4.87. The summed E-state index contributed by atoms with van der Waals surface area (Å²) in [7, 11) is 0. The van der Waals surface area contributed by atoms with E-state index in [-0.39, 0.29) is 5.82 Å². The molecule has 3 aromatic rings. The highest BCUT2D eigenvalue weighted by Gasteiger charge is 2.10. The van der Waals surface area contributed by atoms with Crippen LogP contribution in [0, 0.1) is 5.82 Å². The lowest BCUT2D eigenvalue weighted by molar-refractivity contribution is 0.166. The Bertz CT molecular complexity index is 783. The number of halogens is 1. The summed E-state index contributed by atoms with van der Waals surface area (Å²) in [4.78, 5) is 4.37. The number of aliphatic hydroxyl groups is 1. The smallest absolute Gasteiger partial charge is 0.124 e. The Labute approximate surface area is 129 Å². The molecule has 3 rings (SSSR count). The minimum Gasteiger partial charge on any atom is -0.388 e. The fraction of sp³-hybridized carbons (Fsp3) is 0.211. The summed E-state index contributed by atoms with van der Waals surface area (Å²) >= 11 is 0. The van der Waals surface area contributed by atoms with Crippen LogP contribution < -0.4 is 0 Å². The average molecular weight is 295 g/mol. The van der Waals surface area contributed by atoms with Crippen LogP contribution in [0.2, 0.25) is 0 Å². The Morgan fingerprint density at radius 3 is 2.64 bits per heavy atom. The minimum atomic E-state index is -0.443. The first-order chi connectivity index (χ1) is 10.7. The fourth-order valence-corrected chi connectivity index (χ4v) is 2.70. The number of pyridine rings is 1. The Hall–Kier alpha value is -2.26. The first-order valence-electron chi connectivity index (χ1n) is 7.51. The van der Waals surface area contributed by atoms with E-state index < -0.39 is 6.10 Å². The van der Waals surface area contributed by atoms with Crippen molar-refractivity contribution in [1.29, 1.82) is 0 Å². The van der Waals surface area contributed by atoms with Gasteiger partial charge in [0.05, 0.1) is 11.6 Å². The summed E-state index contributed by atoms with van der Waals surface area (Å²) in [6.07, 6.45) is 2.94. The van der Waals surface area contributed by atoms with Gasteiger partial charge in [0.25, 0.3) is 0 Å². The van der Waals surface area contributed by atoms with E-state index in [1.165, 1.54) is 12.1 Å². The quantitative estimate of drug-likeness (QED) is 0.744. The number of hydrogen-bond acceptors (Lipinski definition) is 2. The summed E-state index contributed by atoms with van der Waals surface area (Å²) in [6.45, 7) is 2.04. The Morgan fingerprint density at radius 2 is 1.91 bits per heavy atom. The third kappa shape index (κ3) is 2.85. The van der Waals surface area contributed by atoms with Gasteiger partial charge in [-0.2, -0.15) is 0 Å². The number of rotatable bonds is 4. The molecule has 0 radical (unpaired) electrons. The molecule has 1 heterocycles. The standard InChI is InChI=1S/C19H18FNO/c1-2-4-18(22)14-8-6-13(7-9-14)17-12-16(20)11-15-5-3-10-21-19(15)17/h3,5-12,18,22H,2,4H2,1H3. The van der Waals surface area contributed by atoms with E-state index in [0.29, 0.717) is 0 Å². The molecule has 0 bridgehead atoms. The maximum atomic E-state index is 13.8. The van der Waals surface area contributed by atoms with Gasteiger partial charge in [0.15, 0.2) is 0 Å². The molecule has 0 aliphatic rings. The lowest BCUT2D eigenvalue weighted by Gasteiger charge is -2.11. The van der Waals surface area contributed by atoms with Crippen LogP contribution >= 0.6 is 0 Å². The van der Waals surface area contributed by atoms with Crippen LogP contribution in [-0.4, -0.2) is 10.1 Å². The zero-order valence-electron chi connectivity index (χ0n) is 12.5. The van der Waals surface area contributed by atoms with Crippen molar-refractivity contribution in [2.45, 2.75) is 25.9 Å². The van der Waals surface area contributed by atoms with Crippen molar-refractivity contribution in [2.24, 2.45) is 0 Å². The van der Waals surface area contributed by atoms with Gasteiger partial charge in [-0.3, -0.25) is 4.98 Å². The molecule has 1 atom stereocenters. The fourth-order valence-electron chi connectivity index (χ4n) is 2.70. The van der Waals surface area contributed by atoms with Gasteiger partial charge in [-0.25, -0.2) is 4.39 Å². The van der Waals surface area contributed by atoms with E-state index in [1.54, 1.807) is 12.3 Å². The highest BCUT2D eigenvalue weighted by atomic mass is 19.1. The number of fused-ring (bicyclic) bond motifs is 1. The Kier molecular flexibility index (Phi) is 4.16. The zero-order valence-corrected chi connectivity index (χ0v) is 12.5. The third-order valence-corrected chi connectivity index (χ3v) is 3.84. The summed E-state index contributed by atoms with van der Waals surface area (Å²) in [5, 5.41) is 10.8. The SMILES string of the molecule is CCCC(O)c1ccc(-c2cc(F)cc3cccnc23)cc1. The summed E-state index contributed by atoms with van der Waals surface area (Å²) < 4.78 is 13.8. The average Bonchev–Trinajstić information content (AvgIpc) is 2.54. The molecule has 22 heavy (non-hydrogen) atoms. The number of benzene rings is 2. The van der Waals surface area contributed by atoms with Gasteiger partial charge in [0, 0.05) is 17.1 Å². The third-order valence-electron chi connectivity index (χ3n) is 3.84. The molecule has 1 unspecified atom stereocenters. The van der Waals surface area contributed by atoms with Crippen LogP contribution in [-0.2, 0) is 0 Å². The van der Waals surface area contributed by atoms with E-state index in [2.05, 4.69) is 4.98 Å². The van der Waals surface area contributed by atoms with Crippen molar-refractivity contribution in [3.05, 3.63) is 66.1 Å². The lowest BCUT2D eigenvalue weighted by atomic mass is 9.98. The van der Waals surface area contributed by atoms with Crippen LogP contribution in [0.3, 0.4) is 0 Å². The second kappa shape index (κ2) is 6.24. The Balaban J connectivity index is 2.04. The largest absolute Gasteiger partial charge is 0.388 e. The lowest BCUT2D eigenvalue weighted by Crippen LogP contribution is -1.96. The van der Waals surface area contributed by atoms with Crippen molar-refractivity contribution in [3.8, 4) is 11.1 Å². The minimum absolute atomic E-state index is 0.273. The zero-order chi connectivity index (χ0) is 15.5. The number of aromatic nitrogens is 1. The van der Waals surface area contributed by atoms with Crippen LogP contribution in [0.1, 0.15) is 31.4 Å². The monoisotopic (exact) mass is 295 g/mol. The second-order valence-electron chi connectivity index (χ2n) is 5.45. The maximum Gasteiger partial charge on any atom is 0.124 e. The first kappa shape index (κ1) is 14.7. The van der Waals surface area contributed by atoms with Crippen molar-refractivity contribution in [3.63, 3.8) is 0 Å². The van der Waals surface area contributed by atoms with Gasteiger partial charge in [-0.15, -0.1) is 0 Å². The molecule has 3 heteroatoms. The van der Waals surface area contributed by atoms with Gasteiger partial charge in [0.1, 0.15) is 5.82 Å². The molecule has 1 N–H and O–H groups in total. The van der Waals surface area contributed by atoms with Gasteiger partial charge >= 0.3 is 0 Å². The molecule has 0 aliphatic carbocycles. The predicted molar refractivity (Wildman–Crippen MR) is 87.0 cm³/mol. The van der Waals surface area contributed by atoms with E-state index >= 15 is 0 Å². The Morgan fingerprint density at radius 1 is 1.14 bits per heavy atom. The first-order valence-corrected chi connectivity index (χ1v) is 7.51. The van der Waals surface area contributed by atoms with Crippen molar-refractivity contribution in [1.82, 2.24) is 4.98 Å². The summed E-state index contributed by atoms with van der Waals surface area (Å²) in [6, 6.07) is 14.3. The van der Waals surface area contributed by atoms with Gasteiger partial charge in [0.2, 0.25) is 0 Å². The van der Waals surface area contributed by atoms with Crippen molar-refractivity contribution < 1.29 is 9.50 Å². The van der Waals surface area contributed by atoms with E-state index in [0.717, 1.165) is 40.4 Å². The molecule has 0 amide bonds. The van der Waals surface area contributed by atoms with Crippen LogP contribution in [0.15, 0.2) is 54.7 Å². The van der Waals surface area contributed by atoms with Gasteiger partial charge in [-0.05, 0) is 35.7 Å². The molecule has 2 aromatic carbocycles. The van der Waals surface area contributed by atoms with Gasteiger partial charge < -0.3 is 5.11 Å². The van der Waals surface area contributed by atoms with E-state index in [4.69, 9.17) is 0 Å². The molecule has 1 aromatic heterocycles. The normalized spacial score (nSPS) is 12.5. The van der Waals surface area contributed by atoms with E-state index in [1.807, 2.05) is 37.3 Å². The van der Waals surface area contributed by atoms with Crippen LogP contribution in [0.25, 0.3) is 22.0 Å². The number of aliphatic hydroxyl groups excluding tert-OH is 1. The maximum absolute atomic E-state index is 13.8. The second-order valence-corrected chi connectivity index (χ2v) is 5.45. The molecular weight excluding hydrogens is 277 g/mol. The molecule has 0 saturated heterocycles. The number of hydrogen-bond donors (Lipinski definition) is 1. The van der Waals surface area contributed by atoms with Crippen molar-refractivity contribution >= 4 is 10.9 Å². The van der Waals surface area contributed by atoms with Crippen molar-refractivity contribution in [2.75, 3.05) is 0 Å². The molecule has 2 nitrogen and oxygen atoms in total. The highest BCUT2D eigenvalue weighted by molar-refractivity contribution is 5.93. The summed E-state index contributed by atoms with van der Waals surface area (Å²) in [5.41, 5.74) is 3.34. The molecule has 0 fully saturated rings. The number of nitrogens with zero attached hydrogens (tertiary/aromatic N) is 1. The molecule has 0 spiro atoms. The molecule has 0 saturated carbocycles.